The van der Waals surface area contributed by atoms with Gasteiger partial charge in [-0.05, 0) is 32.6 Å². The Morgan fingerprint density at radius 2 is 1.86 bits per heavy atom. The molecule has 0 aliphatic heterocycles. The molecule has 3 unspecified atom stereocenters. The fourth-order valence-corrected chi connectivity index (χ4v) is 3.66. The van der Waals surface area contributed by atoms with E-state index in [1.807, 2.05) is 6.20 Å². The number of ether oxygens (including phenoxy) is 1. The quantitative estimate of drug-likeness (QED) is 0.902. The SMILES string of the molecule is CC(NC1CCCCC1OC1CCCC1)c1cnccn1. The van der Waals surface area contributed by atoms with Crippen molar-refractivity contribution in [2.75, 3.05) is 0 Å². The summed E-state index contributed by atoms with van der Waals surface area (Å²) in [6, 6.07) is 0.688. The number of hydrogen-bond acceptors (Lipinski definition) is 4. The van der Waals surface area contributed by atoms with Gasteiger partial charge in [0.2, 0.25) is 0 Å². The van der Waals surface area contributed by atoms with Gasteiger partial charge in [0.25, 0.3) is 0 Å². The van der Waals surface area contributed by atoms with Crippen molar-refractivity contribution in [1.82, 2.24) is 15.3 Å². The van der Waals surface area contributed by atoms with Crippen LogP contribution in [-0.2, 0) is 4.74 Å². The van der Waals surface area contributed by atoms with Crippen LogP contribution in [0.5, 0.6) is 0 Å². The molecule has 1 N–H and O–H groups in total. The molecule has 0 aromatic carbocycles. The summed E-state index contributed by atoms with van der Waals surface area (Å²) in [7, 11) is 0. The van der Waals surface area contributed by atoms with Crippen LogP contribution in [0.25, 0.3) is 0 Å². The molecule has 2 fully saturated rings. The van der Waals surface area contributed by atoms with Crippen molar-refractivity contribution >= 4 is 0 Å². The van der Waals surface area contributed by atoms with Gasteiger partial charge in [0.1, 0.15) is 0 Å². The molecule has 1 heterocycles. The molecule has 0 spiro atoms. The average Bonchev–Trinajstić information content (AvgIpc) is 3.03. The summed E-state index contributed by atoms with van der Waals surface area (Å²) in [5, 5.41) is 3.73. The van der Waals surface area contributed by atoms with Gasteiger partial charge in [-0.2, -0.15) is 0 Å². The summed E-state index contributed by atoms with van der Waals surface area (Å²) >= 11 is 0. The molecule has 3 atom stereocenters. The van der Waals surface area contributed by atoms with E-state index in [2.05, 4.69) is 22.2 Å². The Balaban J connectivity index is 1.58. The zero-order valence-electron chi connectivity index (χ0n) is 13.0. The third kappa shape index (κ3) is 4.01. The van der Waals surface area contributed by atoms with E-state index in [9.17, 15) is 0 Å². The van der Waals surface area contributed by atoms with E-state index in [4.69, 9.17) is 4.74 Å². The second kappa shape index (κ2) is 7.32. The number of rotatable bonds is 5. The topological polar surface area (TPSA) is 47.0 Å². The summed E-state index contributed by atoms with van der Waals surface area (Å²) in [5.41, 5.74) is 1.02. The van der Waals surface area contributed by atoms with E-state index in [1.54, 1.807) is 12.4 Å². The molecule has 1 aromatic rings. The minimum Gasteiger partial charge on any atom is -0.373 e. The van der Waals surface area contributed by atoms with Crippen molar-refractivity contribution in [3.63, 3.8) is 0 Å². The van der Waals surface area contributed by atoms with Crippen LogP contribution in [0.4, 0.5) is 0 Å². The number of hydrogen-bond donors (Lipinski definition) is 1. The molecular formula is C17H27N3O. The smallest absolute Gasteiger partial charge is 0.0753 e. The Morgan fingerprint density at radius 1 is 1.10 bits per heavy atom. The van der Waals surface area contributed by atoms with Gasteiger partial charge in [0.15, 0.2) is 0 Å². The highest BCUT2D eigenvalue weighted by Crippen LogP contribution is 2.29. The van der Waals surface area contributed by atoms with Crippen molar-refractivity contribution in [3.8, 4) is 0 Å². The first kappa shape index (κ1) is 14.9. The van der Waals surface area contributed by atoms with Gasteiger partial charge < -0.3 is 10.1 Å². The van der Waals surface area contributed by atoms with Crippen LogP contribution in [-0.4, -0.2) is 28.2 Å². The molecule has 0 bridgehead atoms. The fourth-order valence-electron chi connectivity index (χ4n) is 3.66. The molecular weight excluding hydrogens is 262 g/mol. The maximum absolute atomic E-state index is 6.40. The maximum atomic E-state index is 6.40. The molecule has 4 heteroatoms. The molecule has 3 rings (SSSR count). The van der Waals surface area contributed by atoms with Crippen LogP contribution in [0.1, 0.15) is 70.0 Å². The summed E-state index contributed by atoms with van der Waals surface area (Å²) in [4.78, 5) is 8.57. The Morgan fingerprint density at radius 3 is 2.62 bits per heavy atom. The first-order chi connectivity index (χ1) is 10.3. The summed E-state index contributed by atoms with van der Waals surface area (Å²) in [6.07, 6.45) is 16.4. The van der Waals surface area contributed by atoms with Crippen LogP contribution in [0.3, 0.4) is 0 Å². The Kier molecular flexibility index (Phi) is 5.20. The van der Waals surface area contributed by atoms with Gasteiger partial charge in [0.05, 0.1) is 17.9 Å². The number of nitrogens with zero attached hydrogens (tertiary/aromatic N) is 2. The van der Waals surface area contributed by atoms with Gasteiger partial charge >= 0.3 is 0 Å². The van der Waals surface area contributed by atoms with E-state index in [0.29, 0.717) is 18.2 Å². The third-order valence-corrected chi connectivity index (χ3v) is 4.86. The lowest BCUT2D eigenvalue weighted by molar-refractivity contribution is -0.0452. The second-order valence-electron chi connectivity index (χ2n) is 6.49. The van der Waals surface area contributed by atoms with E-state index in [1.165, 1.54) is 51.4 Å². The second-order valence-corrected chi connectivity index (χ2v) is 6.49. The van der Waals surface area contributed by atoms with E-state index < -0.39 is 0 Å². The van der Waals surface area contributed by atoms with Crippen LogP contribution in [0.15, 0.2) is 18.6 Å². The van der Waals surface area contributed by atoms with Gasteiger partial charge in [0, 0.05) is 30.7 Å². The van der Waals surface area contributed by atoms with E-state index >= 15 is 0 Å². The molecule has 116 valence electrons. The third-order valence-electron chi connectivity index (χ3n) is 4.86. The van der Waals surface area contributed by atoms with Gasteiger partial charge in [-0.3, -0.25) is 9.97 Å². The molecule has 4 nitrogen and oxygen atoms in total. The minimum absolute atomic E-state index is 0.233. The number of aromatic nitrogens is 2. The van der Waals surface area contributed by atoms with Crippen molar-refractivity contribution in [2.24, 2.45) is 0 Å². The van der Waals surface area contributed by atoms with Crippen molar-refractivity contribution in [3.05, 3.63) is 24.3 Å². The zero-order chi connectivity index (χ0) is 14.5. The summed E-state index contributed by atoms with van der Waals surface area (Å²) in [6.45, 7) is 2.17. The lowest BCUT2D eigenvalue weighted by Gasteiger charge is -2.35. The standard InChI is InChI=1S/C17H27N3O/c1-13(16-12-18-10-11-19-16)20-15-8-4-5-9-17(15)21-14-6-2-3-7-14/h10-15,17,20H,2-9H2,1H3. The van der Waals surface area contributed by atoms with Crippen molar-refractivity contribution < 1.29 is 4.74 Å². The van der Waals surface area contributed by atoms with E-state index in [0.717, 1.165) is 5.69 Å². The van der Waals surface area contributed by atoms with Gasteiger partial charge in [-0.1, -0.05) is 25.7 Å². The van der Waals surface area contributed by atoms with Crippen LogP contribution in [0.2, 0.25) is 0 Å². The molecule has 0 radical (unpaired) electrons. The molecule has 2 aliphatic rings. The predicted octanol–water partition coefficient (Wildman–Crippen LogP) is 3.40. The lowest BCUT2D eigenvalue weighted by Crippen LogP contribution is -2.45. The van der Waals surface area contributed by atoms with Crippen LogP contribution < -0.4 is 5.32 Å². The fraction of sp³-hybridized carbons (Fsp3) is 0.765. The number of nitrogens with one attached hydrogen (secondary N) is 1. The molecule has 2 aliphatic carbocycles. The largest absolute Gasteiger partial charge is 0.373 e. The maximum Gasteiger partial charge on any atom is 0.0753 e. The Labute approximate surface area is 127 Å². The molecule has 1 aromatic heterocycles. The Bertz CT molecular complexity index is 419. The highest BCUT2D eigenvalue weighted by atomic mass is 16.5. The highest BCUT2D eigenvalue weighted by Gasteiger charge is 2.30. The lowest BCUT2D eigenvalue weighted by atomic mass is 9.91. The van der Waals surface area contributed by atoms with Gasteiger partial charge in [-0.25, -0.2) is 0 Å². The summed E-state index contributed by atoms with van der Waals surface area (Å²) < 4.78 is 6.40. The summed E-state index contributed by atoms with van der Waals surface area (Å²) in [5.74, 6) is 0. The minimum atomic E-state index is 0.233. The monoisotopic (exact) mass is 289 g/mol. The molecule has 0 saturated heterocycles. The normalized spacial score (nSPS) is 28.6. The Hall–Kier alpha value is -1.00. The molecule has 0 amide bonds. The van der Waals surface area contributed by atoms with Crippen molar-refractivity contribution in [2.45, 2.75) is 82.6 Å². The first-order valence-electron chi connectivity index (χ1n) is 8.50. The molecule has 2 saturated carbocycles. The van der Waals surface area contributed by atoms with Crippen LogP contribution in [0, 0.1) is 0 Å². The highest BCUT2D eigenvalue weighted by molar-refractivity contribution is 5.02. The van der Waals surface area contributed by atoms with Crippen molar-refractivity contribution in [1.29, 1.82) is 0 Å². The van der Waals surface area contributed by atoms with E-state index in [-0.39, 0.29) is 6.04 Å². The predicted molar refractivity (Wildman–Crippen MR) is 83.0 cm³/mol. The average molecular weight is 289 g/mol. The zero-order valence-corrected chi connectivity index (χ0v) is 13.0. The van der Waals surface area contributed by atoms with Crippen LogP contribution >= 0.6 is 0 Å². The van der Waals surface area contributed by atoms with Gasteiger partial charge in [-0.15, -0.1) is 0 Å². The first-order valence-corrected chi connectivity index (χ1v) is 8.50. The molecule has 21 heavy (non-hydrogen) atoms.